The average molecular weight is 429 g/mol. The molecule has 1 heterocycles. The zero-order valence-electron chi connectivity index (χ0n) is 15.3. The standard InChI is InChI=1S/C20H20Cl2F2N2O2/c1-28-19-3-2-12(8-18(19)24)11-26-6-4-13(5-7-26)25-20(27)14-9-17(23)16(22)10-15(14)21/h2-3,8-10,13H,4-7,11H2,1H3,(H,25,27). The summed E-state index contributed by atoms with van der Waals surface area (Å²) in [5, 5.41) is 2.89. The number of hydrogen-bond donors (Lipinski definition) is 1. The zero-order chi connectivity index (χ0) is 20.3. The van der Waals surface area contributed by atoms with Crippen LogP contribution in [0.5, 0.6) is 5.75 Å². The van der Waals surface area contributed by atoms with Gasteiger partial charge in [-0.2, -0.15) is 0 Å². The Hall–Kier alpha value is -1.89. The molecule has 0 atom stereocenters. The third kappa shape index (κ3) is 4.93. The molecule has 1 fully saturated rings. The van der Waals surface area contributed by atoms with Gasteiger partial charge in [0.1, 0.15) is 5.82 Å². The van der Waals surface area contributed by atoms with E-state index >= 15 is 0 Å². The molecule has 3 rings (SSSR count). The fourth-order valence-corrected chi connectivity index (χ4v) is 3.73. The summed E-state index contributed by atoms with van der Waals surface area (Å²) in [5.41, 5.74) is 0.934. The van der Waals surface area contributed by atoms with Gasteiger partial charge in [0.15, 0.2) is 11.6 Å². The van der Waals surface area contributed by atoms with E-state index in [-0.39, 0.29) is 33.2 Å². The van der Waals surface area contributed by atoms with E-state index in [0.717, 1.165) is 37.6 Å². The first-order valence-corrected chi connectivity index (χ1v) is 9.63. The van der Waals surface area contributed by atoms with Crippen molar-refractivity contribution in [2.45, 2.75) is 25.4 Å². The maximum atomic E-state index is 13.8. The maximum absolute atomic E-state index is 13.8. The molecule has 0 saturated carbocycles. The van der Waals surface area contributed by atoms with Crippen LogP contribution in [0.4, 0.5) is 8.78 Å². The third-order valence-corrected chi connectivity index (χ3v) is 5.40. The van der Waals surface area contributed by atoms with Crippen molar-refractivity contribution in [2.75, 3.05) is 20.2 Å². The Morgan fingerprint density at radius 1 is 1.14 bits per heavy atom. The van der Waals surface area contributed by atoms with Crippen LogP contribution in [0.3, 0.4) is 0 Å². The minimum absolute atomic E-state index is 0.0360. The number of benzene rings is 2. The molecular weight excluding hydrogens is 409 g/mol. The molecule has 0 spiro atoms. The number of halogens is 4. The summed E-state index contributed by atoms with van der Waals surface area (Å²) < 4.78 is 32.4. The summed E-state index contributed by atoms with van der Waals surface area (Å²) >= 11 is 11.7. The summed E-state index contributed by atoms with van der Waals surface area (Å²) in [6.45, 7) is 2.12. The van der Waals surface area contributed by atoms with Crippen molar-refractivity contribution >= 4 is 29.1 Å². The molecule has 0 bridgehead atoms. The van der Waals surface area contributed by atoms with E-state index in [0.29, 0.717) is 6.54 Å². The summed E-state index contributed by atoms with van der Waals surface area (Å²) in [6, 6.07) is 7.17. The molecule has 1 aliphatic rings. The van der Waals surface area contributed by atoms with Crippen molar-refractivity contribution in [1.82, 2.24) is 10.2 Å². The van der Waals surface area contributed by atoms with Gasteiger partial charge in [0.2, 0.25) is 0 Å². The Balaban J connectivity index is 1.53. The largest absolute Gasteiger partial charge is 0.494 e. The molecule has 150 valence electrons. The maximum Gasteiger partial charge on any atom is 0.253 e. The fraction of sp³-hybridized carbons (Fsp3) is 0.350. The van der Waals surface area contributed by atoms with Gasteiger partial charge < -0.3 is 10.1 Å². The number of nitrogens with zero attached hydrogens (tertiary/aromatic N) is 1. The number of methoxy groups -OCH3 is 1. The number of likely N-dealkylation sites (tertiary alicyclic amines) is 1. The number of hydrogen-bond acceptors (Lipinski definition) is 3. The highest BCUT2D eigenvalue weighted by molar-refractivity contribution is 6.36. The molecule has 1 saturated heterocycles. The van der Waals surface area contributed by atoms with E-state index < -0.39 is 11.7 Å². The van der Waals surface area contributed by atoms with E-state index in [2.05, 4.69) is 10.2 Å². The zero-order valence-corrected chi connectivity index (χ0v) is 16.8. The van der Waals surface area contributed by atoms with Crippen LogP contribution in [0, 0.1) is 11.6 Å². The molecule has 8 heteroatoms. The van der Waals surface area contributed by atoms with Crippen LogP contribution in [0.15, 0.2) is 30.3 Å². The van der Waals surface area contributed by atoms with Gasteiger partial charge in [0.05, 0.1) is 22.7 Å². The van der Waals surface area contributed by atoms with E-state index in [4.69, 9.17) is 27.9 Å². The van der Waals surface area contributed by atoms with Gasteiger partial charge in [-0.3, -0.25) is 9.69 Å². The number of nitrogens with one attached hydrogen (secondary N) is 1. The molecule has 2 aromatic carbocycles. The normalized spacial score (nSPS) is 15.5. The number of amides is 1. The number of carbonyl (C=O) groups is 1. The summed E-state index contributed by atoms with van der Waals surface area (Å²) in [7, 11) is 1.43. The summed E-state index contributed by atoms with van der Waals surface area (Å²) in [5.74, 6) is -1.26. The number of ether oxygens (including phenoxy) is 1. The minimum atomic E-state index is -0.683. The molecule has 1 amide bonds. The van der Waals surface area contributed by atoms with Crippen LogP contribution in [0.1, 0.15) is 28.8 Å². The van der Waals surface area contributed by atoms with Gasteiger partial charge in [-0.25, -0.2) is 8.78 Å². The lowest BCUT2D eigenvalue weighted by Crippen LogP contribution is -2.44. The lowest BCUT2D eigenvalue weighted by molar-refractivity contribution is 0.0908. The van der Waals surface area contributed by atoms with Crippen LogP contribution < -0.4 is 10.1 Å². The van der Waals surface area contributed by atoms with Gasteiger partial charge >= 0.3 is 0 Å². The first-order chi connectivity index (χ1) is 13.4. The highest BCUT2D eigenvalue weighted by Gasteiger charge is 2.23. The topological polar surface area (TPSA) is 41.6 Å². The van der Waals surface area contributed by atoms with E-state index in [1.54, 1.807) is 6.07 Å². The molecule has 1 N–H and O–H groups in total. The molecule has 0 aliphatic carbocycles. The van der Waals surface area contributed by atoms with Crippen LogP contribution in [-0.2, 0) is 6.54 Å². The molecule has 28 heavy (non-hydrogen) atoms. The second-order valence-corrected chi connectivity index (χ2v) is 7.55. The molecule has 2 aromatic rings. The van der Waals surface area contributed by atoms with Crippen molar-refractivity contribution in [3.05, 3.63) is 63.1 Å². The van der Waals surface area contributed by atoms with Crippen LogP contribution in [-0.4, -0.2) is 37.0 Å². The molecule has 0 unspecified atom stereocenters. The minimum Gasteiger partial charge on any atom is -0.494 e. The second kappa shape index (κ2) is 9.07. The Morgan fingerprint density at radius 2 is 1.86 bits per heavy atom. The summed E-state index contributed by atoms with van der Waals surface area (Å²) in [4.78, 5) is 14.6. The Labute approximate surface area is 172 Å². The molecule has 1 aliphatic heterocycles. The van der Waals surface area contributed by atoms with Crippen LogP contribution in [0.2, 0.25) is 10.0 Å². The van der Waals surface area contributed by atoms with Crippen LogP contribution in [0.25, 0.3) is 0 Å². The van der Waals surface area contributed by atoms with Crippen molar-refractivity contribution < 1.29 is 18.3 Å². The lowest BCUT2D eigenvalue weighted by atomic mass is 10.0. The Bertz CT molecular complexity index is 872. The van der Waals surface area contributed by atoms with Crippen molar-refractivity contribution in [3.8, 4) is 5.75 Å². The van der Waals surface area contributed by atoms with E-state index in [1.807, 2.05) is 6.07 Å². The SMILES string of the molecule is COc1ccc(CN2CCC(NC(=O)c3cc(F)c(Cl)cc3Cl)CC2)cc1F. The highest BCUT2D eigenvalue weighted by Crippen LogP contribution is 2.25. The number of rotatable bonds is 5. The third-order valence-electron chi connectivity index (χ3n) is 4.80. The molecule has 0 radical (unpaired) electrons. The predicted molar refractivity (Wildman–Crippen MR) is 105 cm³/mol. The molecule has 0 aromatic heterocycles. The average Bonchev–Trinajstić information content (AvgIpc) is 2.66. The Kier molecular flexibility index (Phi) is 6.75. The van der Waals surface area contributed by atoms with Crippen molar-refractivity contribution in [1.29, 1.82) is 0 Å². The smallest absolute Gasteiger partial charge is 0.253 e. The van der Waals surface area contributed by atoms with Crippen molar-refractivity contribution in [2.24, 2.45) is 0 Å². The predicted octanol–water partition coefficient (Wildman–Crippen LogP) is 4.67. The second-order valence-electron chi connectivity index (χ2n) is 6.74. The quantitative estimate of drug-likeness (QED) is 0.703. The van der Waals surface area contributed by atoms with Gasteiger partial charge in [0.25, 0.3) is 5.91 Å². The molecule has 4 nitrogen and oxygen atoms in total. The first kappa shape index (κ1) is 20.8. The number of piperidine rings is 1. The van der Waals surface area contributed by atoms with E-state index in [9.17, 15) is 13.6 Å². The fourth-order valence-electron chi connectivity index (χ4n) is 3.26. The van der Waals surface area contributed by atoms with Gasteiger partial charge in [0, 0.05) is 25.7 Å². The van der Waals surface area contributed by atoms with Gasteiger partial charge in [-0.15, -0.1) is 0 Å². The van der Waals surface area contributed by atoms with Crippen molar-refractivity contribution in [3.63, 3.8) is 0 Å². The molecular formula is C20H20Cl2F2N2O2. The number of carbonyl (C=O) groups excluding carboxylic acids is 1. The van der Waals surface area contributed by atoms with Gasteiger partial charge in [-0.1, -0.05) is 29.3 Å². The van der Waals surface area contributed by atoms with E-state index in [1.165, 1.54) is 19.2 Å². The van der Waals surface area contributed by atoms with Crippen LogP contribution >= 0.6 is 23.2 Å². The first-order valence-electron chi connectivity index (χ1n) is 8.87. The highest BCUT2D eigenvalue weighted by atomic mass is 35.5. The summed E-state index contributed by atoms with van der Waals surface area (Å²) in [6.07, 6.45) is 1.47. The lowest BCUT2D eigenvalue weighted by Gasteiger charge is -2.32. The van der Waals surface area contributed by atoms with Gasteiger partial charge in [-0.05, 0) is 42.7 Å². The monoisotopic (exact) mass is 428 g/mol. The Morgan fingerprint density at radius 3 is 2.50 bits per heavy atom.